The van der Waals surface area contributed by atoms with Crippen LogP contribution in [-0.4, -0.2) is 38.6 Å². The summed E-state index contributed by atoms with van der Waals surface area (Å²) in [6.07, 6.45) is 0.508. The van der Waals surface area contributed by atoms with E-state index in [4.69, 9.17) is 11.6 Å². The monoisotopic (exact) mass is 302 g/mol. The molecule has 0 radical (unpaired) electrons. The number of aromatic nitrogens is 5. The van der Waals surface area contributed by atoms with Crippen LogP contribution in [0.2, 0.25) is 5.28 Å². The highest BCUT2D eigenvalue weighted by atomic mass is 35.5. The fourth-order valence-electron chi connectivity index (χ4n) is 2.15. The van der Waals surface area contributed by atoms with E-state index in [-0.39, 0.29) is 5.28 Å². The molecule has 0 N–H and O–H groups in total. The molecule has 0 unspecified atom stereocenters. The van der Waals surface area contributed by atoms with Crippen LogP contribution in [0.3, 0.4) is 0 Å². The van der Waals surface area contributed by atoms with Crippen LogP contribution in [0.15, 0.2) is 24.3 Å². The lowest BCUT2D eigenvalue weighted by molar-refractivity contribution is 0.798. The van der Waals surface area contributed by atoms with Crippen molar-refractivity contribution in [2.45, 2.75) is 6.42 Å². The van der Waals surface area contributed by atoms with Crippen molar-refractivity contribution in [3.05, 3.63) is 41.2 Å². The third-order valence-electron chi connectivity index (χ3n) is 3.24. The summed E-state index contributed by atoms with van der Waals surface area (Å²) >= 11 is 5.96. The number of anilines is 1. The number of halogens is 1. The van der Waals surface area contributed by atoms with Gasteiger partial charge in [0.1, 0.15) is 11.6 Å². The summed E-state index contributed by atoms with van der Waals surface area (Å²) < 4.78 is 2.04. The summed E-state index contributed by atoms with van der Waals surface area (Å²) in [6, 6.07) is 8.00. The Hall–Kier alpha value is -2.21. The largest absolute Gasteiger partial charge is 0.347 e. The van der Waals surface area contributed by atoms with E-state index in [0.717, 1.165) is 16.9 Å². The van der Waals surface area contributed by atoms with E-state index >= 15 is 0 Å². The number of para-hydroxylation sites is 2. The van der Waals surface area contributed by atoms with Crippen molar-refractivity contribution in [1.82, 2.24) is 24.5 Å². The smallest absolute Gasteiger partial charge is 0.229 e. The van der Waals surface area contributed by atoms with E-state index in [2.05, 4.69) is 19.9 Å². The van der Waals surface area contributed by atoms with Crippen LogP contribution in [0, 0.1) is 0 Å². The molecule has 0 aliphatic heterocycles. The molecule has 0 spiro atoms. The summed E-state index contributed by atoms with van der Waals surface area (Å²) in [5, 5.41) is 0.197. The molecule has 3 rings (SSSR count). The molecule has 0 aliphatic carbocycles. The Kier molecular flexibility index (Phi) is 3.47. The number of nitrogens with zero attached hydrogens (tertiary/aromatic N) is 6. The molecule has 0 saturated heterocycles. The van der Waals surface area contributed by atoms with Gasteiger partial charge in [0.25, 0.3) is 0 Å². The SMILES string of the molecule is CN(C)c1nc(Cl)nc(Cc2nc3ccccc3n2C)n1. The van der Waals surface area contributed by atoms with Crippen LogP contribution < -0.4 is 4.90 Å². The second-order valence-corrected chi connectivity index (χ2v) is 5.31. The molecular formula is C14H15ClN6. The van der Waals surface area contributed by atoms with E-state index in [1.165, 1.54) is 0 Å². The zero-order valence-electron chi connectivity index (χ0n) is 12.1. The molecule has 7 heteroatoms. The van der Waals surface area contributed by atoms with Crippen molar-refractivity contribution in [2.24, 2.45) is 7.05 Å². The molecule has 0 amide bonds. The molecule has 0 bridgehead atoms. The molecule has 0 fully saturated rings. The molecule has 3 aromatic rings. The zero-order valence-corrected chi connectivity index (χ0v) is 12.8. The Morgan fingerprint density at radius 3 is 2.57 bits per heavy atom. The van der Waals surface area contributed by atoms with Gasteiger partial charge in [-0.15, -0.1) is 0 Å². The highest BCUT2D eigenvalue weighted by Gasteiger charge is 2.12. The number of rotatable bonds is 3. The van der Waals surface area contributed by atoms with Gasteiger partial charge in [0.05, 0.1) is 17.5 Å². The van der Waals surface area contributed by atoms with Gasteiger partial charge < -0.3 is 9.47 Å². The van der Waals surface area contributed by atoms with E-state index in [0.29, 0.717) is 18.2 Å². The van der Waals surface area contributed by atoms with Gasteiger partial charge >= 0.3 is 0 Å². The minimum Gasteiger partial charge on any atom is -0.347 e. The Morgan fingerprint density at radius 2 is 1.86 bits per heavy atom. The second-order valence-electron chi connectivity index (χ2n) is 4.97. The molecule has 2 heterocycles. The Balaban J connectivity index is 2.00. The number of hydrogen-bond donors (Lipinski definition) is 0. The Labute approximate surface area is 127 Å². The maximum atomic E-state index is 5.96. The van der Waals surface area contributed by atoms with Crippen LogP contribution >= 0.6 is 11.6 Å². The van der Waals surface area contributed by atoms with Crippen molar-refractivity contribution in [3.63, 3.8) is 0 Å². The number of hydrogen-bond acceptors (Lipinski definition) is 5. The van der Waals surface area contributed by atoms with Crippen LogP contribution in [0.1, 0.15) is 11.6 Å². The fourth-order valence-corrected chi connectivity index (χ4v) is 2.33. The summed E-state index contributed by atoms with van der Waals surface area (Å²) in [5.74, 6) is 2.05. The lowest BCUT2D eigenvalue weighted by Crippen LogP contribution is -2.15. The van der Waals surface area contributed by atoms with Gasteiger partial charge in [0.2, 0.25) is 11.2 Å². The first kappa shape index (κ1) is 13.8. The number of fused-ring (bicyclic) bond motifs is 1. The van der Waals surface area contributed by atoms with Crippen LogP contribution in [-0.2, 0) is 13.5 Å². The highest BCUT2D eigenvalue weighted by molar-refractivity contribution is 6.28. The number of imidazole rings is 1. The van der Waals surface area contributed by atoms with Crippen molar-refractivity contribution in [2.75, 3.05) is 19.0 Å². The van der Waals surface area contributed by atoms with Gasteiger partial charge in [-0.3, -0.25) is 0 Å². The average molecular weight is 303 g/mol. The number of aryl methyl sites for hydroxylation is 1. The summed E-state index contributed by atoms with van der Waals surface area (Å²) in [7, 11) is 5.72. The standard InChI is InChI=1S/C14H15ClN6/c1-20(2)14-18-11(17-13(15)19-14)8-12-16-9-6-4-5-7-10(9)21(12)3/h4-7H,8H2,1-3H3. The first-order valence-electron chi connectivity index (χ1n) is 6.52. The molecule has 108 valence electrons. The maximum Gasteiger partial charge on any atom is 0.229 e. The van der Waals surface area contributed by atoms with Gasteiger partial charge in [-0.2, -0.15) is 9.97 Å². The van der Waals surface area contributed by atoms with E-state index in [1.54, 1.807) is 4.90 Å². The molecule has 2 aromatic heterocycles. The second kappa shape index (κ2) is 5.29. The minimum absolute atomic E-state index is 0.197. The van der Waals surface area contributed by atoms with Crippen LogP contribution in [0.4, 0.5) is 5.95 Å². The summed E-state index contributed by atoms with van der Waals surface area (Å²) in [4.78, 5) is 19.1. The molecule has 0 saturated carbocycles. The zero-order chi connectivity index (χ0) is 15.0. The number of benzene rings is 1. The lowest BCUT2D eigenvalue weighted by Gasteiger charge is -2.10. The Bertz CT molecular complexity index is 795. The average Bonchev–Trinajstić information content (AvgIpc) is 2.75. The normalized spacial score (nSPS) is 11.0. The summed E-state index contributed by atoms with van der Waals surface area (Å²) in [6.45, 7) is 0. The fraction of sp³-hybridized carbons (Fsp3) is 0.286. The first-order chi connectivity index (χ1) is 10.0. The lowest BCUT2D eigenvalue weighted by atomic mass is 10.3. The predicted octanol–water partition coefficient (Wildman–Crippen LogP) is 2.07. The minimum atomic E-state index is 0.197. The van der Waals surface area contributed by atoms with E-state index in [1.807, 2.05) is 50.0 Å². The van der Waals surface area contributed by atoms with Gasteiger partial charge in [0.15, 0.2) is 0 Å². The molecular weight excluding hydrogens is 288 g/mol. The van der Waals surface area contributed by atoms with Crippen LogP contribution in [0.5, 0.6) is 0 Å². The molecule has 0 atom stereocenters. The molecule has 0 aliphatic rings. The van der Waals surface area contributed by atoms with Gasteiger partial charge in [-0.25, -0.2) is 9.97 Å². The first-order valence-corrected chi connectivity index (χ1v) is 6.90. The topological polar surface area (TPSA) is 59.7 Å². The van der Waals surface area contributed by atoms with Crippen LogP contribution in [0.25, 0.3) is 11.0 Å². The van der Waals surface area contributed by atoms with E-state index in [9.17, 15) is 0 Å². The molecule has 21 heavy (non-hydrogen) atoms. The maximum absolute atomic E-state index is 5.96. The van der Waals surface area contributed by atoms with Crippen molar-refractivity contribution < 1.29 is 0 Å². The third kappa shape index (κ3) is 2.67. The quantitative estimate of drug-likeness (QED) is 0.741. The highest BCUT2D eigenvalue weighted by Crippen LogP contribution is 2.17. The third-order valence-corrected chi connectivity index (χ3v) is 3.41. The van der Waals surface area contributed by atoms with Crippen molar-refractivity contribution >= 4 is 28.6 Å². The molecule has 1 aromatic carbocycles. The van der Waals surface area contributed by atoms with Gasteiger partial charge in [0, 0.05) is 21.1 Å². The van der Waals surface area contributed by atoms with Gasteiger partial charge in [-0.1, -0.05) is 12.1 Å². The van der Waals surface area contributed by atoms with Gasteiger partial charge in [-0.05, 0) is 23.7 Å². The van der Waals surface area contributed by atoms with E-state index < -0.39 is 0 Å². The Morgan fingerprint density at radius 1 is 1.10 bits per heavy atom. The summed E-state index contributed by atoms with van der Waals surface area (Å²) in [5.41, 5.74) is 2.04. The molecule has 6 nitrogen and oxygen atoms in total. The van der Waals surface area contributed by atoms with Crippen molar-refractivity contribution in [1.29, 1.82) is 0 Å². The van der Waals surface area contributed by atoms with Crippen molar-refractivity contribution in [3.8, 4) is 0 Å². The predicted molar refractivity (Wildman–Crippen MR) is 82.7 cm³/mol.